The largest absolute Gasteiger partial charge is 0.496 e. The van der Waals surface area contributed by atoms with Crippen LogP contribution in [0, 0.1) is 0 Å². The summed E-state index contributed by atoms with van der Waals surface area (Å²) in [4.78, 5) is 13.7. The van der Waals surface area contributed by atoms with Crippen LogP contribution in [0.2, 0.25) is 0 Å². The standard InChI is InChI=1S/C13H17NO2S/c1-9(14-8-10(17)7-13(14)15)11-5-3-4-6-12(11)16-2/h3-6,9-10,17H,7-8H2,1-2H3. The number of likely N-dealkylation sites (tertiary alicyclic amines) is 1. The van der Waals surface area contributed by atoms with Crippen LogP contribution in [0.25, 0.3) is 0 Å². The Bertz CT molecular complexity index is 422. The molecule has 1 fully saturated rings. The molecule has 2 atom stereocenters. The second kappa shape index (κ2) is 5.00. The monoisotopic (exact) mass is 251 g/mol. The van der Waals surface area contributed by atoms with E-state index in [0.29, 0.717) is 13.0 Å². The van der Waals surface area contributed by atoms with E-state index in [2.05, 4.69) is 12.6 Å². The van der Waals surface area contributed by atoms with Crippen molar-refractivity contribution in [3.8, 4) is 5.75 Å². The molecule has 1 aliphatic rings. The Morgan fingerprint density at radius 1 is 1.47 bits per heavy atom. The number of nitrogens with zero attached hydrogens (tertiary/aromatic N) is 1. The zero-order chi connectivity index (χ0) is 12.4. The normalized spacial score (nSPS) is 21.7. The molecule has 1 amide bonds. The van der Waals surface area contributed by atoms with Gasteiger partial charge in [0.15, 0.2) is 0 Å². The lowest BCUT2D eigenvalue weighted by Gasteiger charge is -2.26. The number of amides is 1. The molecule has 0 bridgehead atoms. The van der Waals surface area contributed by atoms with Crippen LogP contribution in [-0.2, 0) is 4.79 Å². The Kier molecular flexibility index (Phi) is 3.62. The minimum absolute atomic E-state index is 0.0378. The van der Waals surface area contributed by atoms with Crippen molar-refractivity contribution < 1.29 is 9.53 Å². The number of para-hydroxylation sites is 1. The number of thiol groups is 1. The van der Waals surface area contributed by atoms with E-state index in [1.807, 2.05) is 36.1 Å². The minimum atomic E-state index is 0.0378. The fraction of sp³-hybridized carbons (Fsp3) is 0.462. The molecule has 0 radical (unpaired) electrons. The van der Waals surface area contributed by atoms with Gasteiger partial charge in [-0.05, 0) is 13.0 Å². The Morgan fingerprint density at radius 3 is 2.76 bits per heavy atom. The summed E-state index contributed by atoms with van der Waals surface area (Å²) in [5.41, 5.74) is 1.05. The average molecular weight is 251 g/mol. The number of benzene rings is 1. The smallest absolute Gasteiger partial charge is 0.224 e. The van der Waals surface area contributed by atoms with Gasteiger partial charge in [0.1, 0.15) is 5.75 Å². The maximum absolute atomic E-state index is 11.8. The van der Waals surface area contributed by atoms with Gasteiger partial charge < -0.3 is 9.64 Å². The van der Waals surface area contributed by atoms with Crippen LogP contribution < -0.4 is 4.74 Å². The van der Waals surface area contributed by atoms with Crippen LogP contribution in [0.1, 0.15) is 24.9 Å². The van der Waals surface area contributed by atoms with Crippen molar-refractivity contribution in [3.05, 3.63) is 29.8 Å². The van der Waals surface area contributed by atoms with Gasteiger partial charge in [0.2, 0.25) is 5.91 Å². The lowest BCUT2D eigenvalue weighted by Crippen LogP contribution is -2.28. The van der Waals surface area contributed by atoms with Gasteiger partial charge in [-0.25, -0.2) is 0 Å². The Balaban J connectivity index is 2.25. The molecule has 1 saturated heterocycles. The van der Waals surface area contributed by atoms with Crippen LogP contribution >= 0.6 is 12.6 Å². The number of carbonyl (C=O) groups is 1. The summed E-state index contributed by atoms with van der Waals surface area (Å²) in [5.74, 6) is 0.999. The van der Waals surface area contributed by atoms with E-state index in [1.165, 1.54) is 0 Å². The molecule has 2 unspecified atom stereocenters. The first-order valence-electron chi connectivity index (χ1n) is 5.74. The second-order valence-corrected chi connectivity index (χ2v) is 5.05. The zero-order valence-corrected chi connectivity index (χ0v) is 11.0. The van der Waals surface area contributed by atoms with Gasteiger partial charge in [0.25, 0.3) is 0 Å². The predicted octanol–water partition coefficient (Wildman–Crippen LogP) is 2.29. The molecule has 17 heavy (non-hydrogen) atoms. The molecule has 1 aromatic rings. The molecule has 0 spiro atoms. The first-order valence-corrected chi connectivity index (χ1v) is 6.25. The van der Waals surface area contributed by atoms with E-state index in [1.54, 1.807) is 7.11 Å². The van der Waals surface area contributed by atoms with Crippen molar-refractivity contribution in [1.82, 2.24) is 4.90 Å². The summed E-state index contributed by atoms with van der Waals surface area (Å²) < 4.78 is 5.33. The maximum atomic E-state index is 11.8. The fourth-order valence-electron chi connectivity index (χ4n) is 2.27. The predicted molar refractivity (Wildman–Crippen MR) is 70.5 cm³/mol. The quantitative estimate of drug-likeness (QED) is 0.835. The average Bonchev–Trinajstić information content (AvgIpc) is 2.67. The highest BCUT2D eigenvalue weighted by atomic mass is 32.1. The lowest BCUT2D eigenvalue weighted by molar-refractivity contribution is -0.129. The summed E-state index contributed by atoms with van der Waals surface area (Å²) in [6.45, 7) is 2.74. The highest BCUT2D eigenvalue weighted by Crippen LogP contribution is 2.32. The number of methoxy groups -OCH3 is 1. The van der Waals surface area contributed by atoms with Gasteiger partial charge in [-0.15, -0.1) is 0 Å². The van der Waals surface area contributed by atoms with E-state index < -0.39 is 0 Å². The Labute approximate surface area is 107 Å². The molecule has 1 aliphatic heterocycles. The van der Waals surface area contributed by atoms with Gasteiger partial charge >= 0.3 is 0 Å². The second-order valence-electron chi connectivity index (χ2n) is 4.32. The summed E-state index contributed by atoms with van der Waals surface area (Å²) in [5, 5.41) is 0.152. The van der Waals surface area contributed by atoms with Crippen LogP contribution in [0.5, 0.6) is 5.75 Å². The highest BCUT2D eigenvalue weighted by Gasteiger charge is 2.32. The van der Waals surface area contributed by atoms with Crippen molar-refractivity contribution in [2.75, 3.05) is 13.7 Å². The van der Waals surface area contributed by atoms with Crippen molar-refractivity contribution in [1.29, 1.82) is 0 Å². The molecule has 92 valence electrons. The third-order valence-electron chi connectivity index (χ3n) is 3.19. The minimum Gasteiger partial charge on any atom is -0.496 e. The van der Waals surface area contributed by atoms with Gasteiger partial charge in [0.05, 0.1) is 13.2 Å². The highest BCUT2D eigenvalue weighted by molar-refractivity contribution is 7.81. The number of carbonyl (C=O) groups excluding carboxylic acids is 1. The van der Waals surface area contributed by atoms with Gasteiger partial charge in [-0.2, -0.15) is 12.6 Å². The summed E-state index contributed by atoms with van der Waals surface area (Å²) in [6.07, 6.45) is 0.530. The van der Waals surface area contributed by atoms with Crippen molar-refractivity contribution in [3.63, 3.8) is 0 Å². The number of ether oxygens (including phenoxy) is 1. The molecular formula is C13H17NO2S. The first kappa shape index (κ1) is 12.3. The first-order chi connectivity index (χ1) is 8.13. The van der Waals surface area contributed by atoms with E-state index in [-0.39, 0.29) is 17.2 Å². The molecule has 1 aromatic carbocycles. The molecule has 0 aromatic heterocycles. The lowest BCUT2D eigenvalue weighted by atomic mass is 10.1. The molecule has 0 saturated carbocycles. The molecule has 0 N–H and O–H groups in total. The Hall–Kier alpha value is -1.16. The fourth-order valence-corrected chi connectivity index (χ4v) is 2.60. The topological polar surface area (TPSA) is 29.5 Å². The van der Waals surface area contributed by atoms with E-state index in [0.717, 1.165) is 11.3 Å². The summed E-state index contributed by atoms with van der Waals surface area (Å²) in [7, 11) is 1.65. The van der Waals surface area contributed by atoms with Gasteiger partial charge in [-0.1, -0.05) is 18.2 Å². The maximum Gasteiger partial charge on any atom is 0.224 e. The molecule has 3 nitrogen and oxygen atoms in total. The molecule has 0 aliphatic carbocycles. The summed E-state index contributed by atoms with van der Waals surface area (Å²) >= 11 is 4.37. The van der Waals surface area contributed by atoms with Crippen LogP contribution in [0.3, 0.4) is 0 Å². The van der Waals surface area contributed by atoms with E-state index in [4.69, 9.17) is 4.74 Å². The van der Waals surface area contributed by atoms with Crippen LogP contribution in [0.4, 0.5) is 0 Å². The third-order valence-corrected chi connectivity index (χ3v) is 3.54. The molecule has 2 rings (SSSR count). The Morgan fingerprint density at radius 2 is 2.18 bits per heavy atom. The SMILES string of the molecule is COc1ccccc1C(C)N1CC(S)CC1=O. The van der Waals surface area contributed by atoms with Gasteiger partial charge in [0, 0.05) is 23.8 Å². The molecule has 4 heteroatoms. The van der Waals surface area contributed by atoms with Crippen molar-refractivity contribution >= 4 is 18.5 Å². The molecule has 1 heterocycles. The molecular weight excluding hydrogens is 234 g/mol. The number of hydrogen-bond donors (Lipinski definition) is 1. The zero-order valence-electron chi connectivity index (χ0n) is 10.1. The van der Waals surface area contributed by atoms with Crippen molar-refractivity contribution in [2.24, 2.45) is 0 Å². The van der Waals surface area contributed by atoms with E-state index in [9.17, 15) is 4.79 Å². The van der Waals surface area contributed by atoms with E-state index >= 15 is 0 Å². The number of rotatable bonds is 3. The van der Waals surface area contributed by atoms with Crippen LogP contribution in [-0.4, -0.2) is 29.7 Å². The van der Waals surface area contributed by atoms with Gasteiger partial charge in [-0.3, -0.25) is 4.79 Å². The van der Waals surface area contributed by atoms with Crippen LogP contribution in [0.15, 0.2) is 24.3 Å². The van der Waals surface area contributed by atoms with Crippen molar-refractivity contribution in [2.45, 2.75) is 24.6 Å². The number of hydrogen-bond acceptors (Lipinski definition) is 3. The third kappa shape index (κ3) is 2.41. The summed E-state index contributed by atoms with van der Waals surface area (Å²) in [6, 6.07) is 7.86.